The van der Waals surface area contributed by atoms with Crippen LogP contribution in [0, 0.1) is 0 Å². The van der Waals surface area contributed by atoms with Crippen LogP contribution < -0.4 is 15.6 Å². The average molecular weight is 456 g/mol. The van der Waals surface area contributed by atoms with E-state index in [9.17, 15) is 9.59 Å². The van der Waals surface area contributed by atoms with Crippen molar-refractivity contribution in [3.63, 3.8) is 0 Å². The zero-order chi connectivity index (χ0) is 22.0. The minimum atomic E-state index is -0.438. The van der Waals surface area contributed by atoms with Crippen molar-refractivity contribution in [3.8, 4) is 22.3 Å². The number of rotatable bonds is 6. The van der Waals surface area contributed by atoms with E-state index in [1.165, 1.54) is 35.3 Å². The standard InChI is InChI=1S/C21H18ClN5O3S/c1-3-13-10-19(28)25-21(23-13)27-18(11-15(26-27)17-5-4-8-31-17)24-20(29)14-9-12(22)6-7-16(14)30-2/h4-11H,3H2,1-2H3,(H,24,29)(H,23,25,28). The molecule has 4 rings (SSSR count). The summed E-state index contributed by atoms with van der Waals surface area (Å²) < 4.78 is 6.69. The number of aryl methyl sites for hydroxylation is 1. The van der Waals surface area contributed by atoms with Gasteiger partial charge in [-0.3, -0.25) is 14.6 Å². The summed E-state index contributed by atoms with van der Waals surface area (Å²) in [7, 11) is 1.48. The number of carbonyl (C=O) groups excluding carboxylic acids is 1. The fraction of sp³-hybridized carbons (Fsp3) is 0.143. The van der Waals surface area contributed by atoms with Gasteiger partial charge in [-0.2, -0.15) is 9.78 Å². The second kappa shape index (κ2) is 8.75. The number of methoxy groups -OCH3 is 1. The predicted octanol–water partition coefficient (Wildman–Crippen LogP) is 4.16. The van der Waals surface area contributed by atoms with Crippen molar-refractivity contribution in [2.24, 2.45) is 0 Å². The fourth-order valence-electron chi connectivity index (χ4n) is 2.99. The number of H-pyrrole nitrogens is 1. The minimum absolute atomic E-state index is 0.209. The minimum Gasteiger partial charge on any atom is -0.496 e. The zero-order valence-corrected chi connectivity index (χ0v) is 18.3. The monoisotopic (exact) mass is 455 g/mol. The van der Waals surface area contributed by atoms with Crippen LogP contribution in [0.2, 0.25) is 5.02 Å². The molecule has 3 heterocycles. The molecule has 31 heavy (non-hydrogen) atoms. The smallest absolute Gasteiger partial charge is 0.260 e. The third kappa shape index (κ3) is 4.37. The SMILES string of the molecule is CCc1cc(=O)[nH]c(-n2nc(-c3cccs3)cc2NC(=O)c2cc(Cl)ccc2OC)n1. The van der Waals surface area contributed by atoms with E-state index in [0.29, 0.717) is 34.4 Å². The van der Waals surface area contributed by atoms with Gasteiger partial charge in [-0.15, -0.1) is 11.3 Å². The second-order valence-corrected chi connectivity index (χ2v) is 7.90. The number of benzene rings is 1. The summed E-state index contributed by atoms with van der Waals surface area (Å²) in [6.45, 7) is 1.90. The van der Waals surface area contributed by atoms with Crippen LogP contribution in [0.25, 0.3) is 16.5 Å². The molecule has 8 nitrogen and oxygen atoms in total. The number of halogens is 1. The van der Waals surface area contributed by atoms with E-state index in [-0.39, 0.29) is 17.1 Å². The van der Waals surface area contributed by atoms with Gasteiger partial charge in [0.2, 0.25) is 5.95 Å². The number of nitrogens with zero attached hydrogens (tertiary/aromatic N) is 3. The van der Waals surface area contributed by atoms with Crippen molar-refractivity contribution in [1.82, 2.24) is 19.7 Å². The molecule has 0 radical (unpaired) electrons. The van der Waals surface area contributed by atoms with E-state index in [2.05, 4.69) is 20.4 Å². The molecule has 10 heteroatoms. The van der Waals surface area contributed by atoms with Gasteiger partial charge >= 0.3 is 0 Å². The van der Waals surface area contributed by atoms with Crippen LogP contribution in [-0.2, 0) is 6.42 Å². The summed E-state index contributed by atoms with van der Waals surface area (Å²) in [5.74, 6) is 0.491. The molecule has 0 saturated heterocycles. The maximum absolute atomic E-state index is 13.0. The molecule has 2 N–H and O–H groups in total. The van der Waals surface area contributed by atoms with Crippen molar-refractivity contribution in [2.45, 2.75) is 13.3 Å². The van der Waals surface area contributed by atoms with Crippen LogP contribution >= 0.6 is 22.9 Å². The van der Waals surface area contributed by atoms with Crippen molar-refractivity contribution >= 4 is 34.7 Å². The van der Waals surface area contributed by atoms with E-state index in [0.717, 1.165) is 4.88 Å². The average Bonchev–Trinajstić information content (AvgIpc) is 3.43. The molecule has 0 fully saturated rings. The number of hydrogen-bond donors (Lipinski definition) is 2. The molecule has 0 aliphatic heterocycles. The number of carbonyl (C=O) groups is 1. The molecular weight excluding hydrogens is 438 g/mol. The Hall–Kier alpha value is -3.43. The molecule has 0 aliphatic carbocycles. The molecule has 0 saturated carbocycles. The summed E-state index contributed by atoms with van der Waals surface area (Å²) in [5, 5.41) is 9.74. The van der Waals surface area contributed by atoms with Crippen LogP contribution in [0.3, 0.4) is 0 Å². The Morgan fingerprint density at radius 2 is 2.13 bits per heavy atom. The van der Waals surface area contributed by atoms with Crippen LogP contribution in [0.5, 0.6) is 5.75 Å². The fourth-order valence-corrected chi connectivity index (χ4v) is 3.85. The molecule has 0 unspecified atom stereocenters. The lowest BCUT2D eigenvalue weighted by atomic mass is 10.2. The first-order valence-electron chi connectivity index (χ1n) is 9.38. The number of anilines is 1. The number of aromatic nitrogens is 4. The summed E-state index contributed by atoms with van der Waals surface area (Å²) >= 11 is 7.58. The van der Waals surface area contributed by atoms with Gasteiger partial charge in [-0.25, -0.2) is 4.98 Å². The Bertz CT molecular complexity index is 1300. The Labute approximate surface area is 186 Å². The number of nitrogens with one attached hydrogen (secondary N) is 2. The lowest BCUT2D eigenvalue weighted by Crippen LogP contribution is -2.19. The van der Waals surface area contributed by atoms with Gasteiger partial charge in [0.05, 0.1) is 17.6 Å². The normalized spacial score (nSPS) is 10.8. The van der Waals surface area contributed by atoms with Crippen LogP contribution in [0.4, 0.5) is 5.82 Å². The highest BCUT2D eigenvalue weighted by molar-refractivity contribution is 7.13. The highest BCUT2D eigenvalue weighted by Gasteiger charge is 2.19. The Balaban J connectivity index is 1.80. The van der Waals surface area contributed by atoms with Crippen molar-refractivity contribution < 1.29 is 9.53 Å². The summed E-state index contributed by atoms with van der Waals surface area (Å²) in [5.41, 5.74) is 1.21. The van der Waals surface area contributed by atoms with Gasteiger partial charge in [0.25, 0.3) is 11.5 Å². The van der Waals surface area contributed by atoms with Gasteiger partial charge < -0.3 is 10.1 Å². The number of thiophene rings is 1. The van der Waals surface area contributed by atoms with Crippen molar-refractivity contribution in [1.29, 1.82) is 0 Å². The van der Waals surface area contributed by atoms with Gasteiger partial charge in [0.15, 0.2) is 0 Å². The van der Waals surface area contributed by atoms with Gasteiger partial charge in [0.1, 0.15) is 17.3 Å². The topological polar surface area (TPSA) is 102 Å². The highest BCUT2D eigenvalue weighted by atomic mass is 35.5. The number of amides is 1. The van der Waals surface area contributed by atoms with Gasteiger partial charge in [-0.1, -0.05) is 24.6 Å². The number of hydrogen-bond acceptors (Lipinski definition) is 6. The molecule has 0 bridgehead atoms. The van der Waals surface area contributed by atoms with Crippen LogP contribution in [0.15, 0.2) is 52.6 Å². The van der Waals surface area contributed by atoms with Crippen LogP contribution in [0.1, 0.15) is 23.0 Å². The summed E-state index contributed by atoms with van der Waals surface area (Å²) in [4.78, 5) is 33.2. The first-order valence-corrected chi connectivity index (χ1v) is 10.6. The van der Waals surface area contributed by atoms with Gasteiger partial charge in [0, 0.05) is 22.8 Å². The largest absolute Gasteiger partial charge is 0.496 e. The molecule has 1 aromatic carbocycles. The van der Waals surface area contributed by atoms with E-state index < -0.39 is 5.91 Å². The quantitative estimate of drug-likeness (QED) is 0.454. The first kappa shape index (κ1) is 20.8. The Morgan fingerprint density at radius 1 is 1.29 bits per heavy atom. The van der Waals surface area contributed by atoms with E-state index in [4.69, 9.17) is 16.3 Å². The Kier molecular flexibility index (Phi) is 5.88. The molecule has 0 atom stereocenters. The van der Waals surface area contributed by atoms with Crippen molar-refractivity contribution in [2.75, 3.05) is 12.4 Å². The maximum atomic E-state index is 13.0. The molecule has 4 aromatic rings. The maximum Gasteiger partial charge on any atom is 0.260 e. The molecule has 3 aromatic heterocycles. The molecule has 0 aliphatic rings. The van der Waals surface area contributed by atoms with Gasteiger partial charge in [-0.05, 0) is 36.1 Å². The molecular formula is C21H18ClN5O3S. The third-order valence-electron chi connectivity index (χ3n) is 4.48. The van der Waals surface area contributed by atoms with E-state index >= 15 is 0 Å². The lowest BCUT2D eigenvalue weighted by molar-refractivity contribution is 0.102. The second-order valence-electron chi connectivity index (χ2n) is 6.52. The number of aromatic amines is 1. The predicted molar refractivity (Wildman–Crippen MR) is 121 cm³/mol. The van der Waals surface area contributed by atoms with Crippen molar-refractivity contribution in [3.05, 3.63) is 74.5 Å². The first-order chi connectivity index (χ1) is 15.0. The Morgan fingerprint density at radius 3 is 2.84 bits per heavy atom. The summed E-state index contributed by atoms with van der Waals surface area (Å²) in [6.07, 6.45) is 0.581. The lowest BCUT2D eigenvalue weighted by Gasteiger charge is -2.11. The van der Waals surface area contributed by atoms with E-state index in [1.54, 1.807) is 18.2 Å². The molecule has 158 valence electrons. The number of ether oxygens (including phenoxy) is 1. The third-order valence-corrected chi connectivity index (χ3v) is 5.60. The molecule has 0 spiro atoms. The van der Waals surface area contributed by atoms with E-state index in [1.807, 2.05) is 24.4 Å². The zero-order valence-electron chi connectivity index (χ0n) is 16.7. The highest BCUT2D eigenvalue weighted by Crippen LogP contribution is 2.29. The summed E-state index contributed by atoms with van der Waals surface area (Å²) in [6, 6.07) is 11.8. The van der Waals surface area contributed by atoms with Crippen LogP contribution in [-0.4, -0.2) is 32.8 Å². The molecule has 1 amide bonds.